The van der Waals surface area contributed by atoms with Gasteiger partial charge < -0.3 is 18.9 Å². The van der Waals surface area contributed by atoms with Crippen LogP contribution in [-0.2, 0) is 38.8 Å². The maximum Gasteiger partial charge on any atom is 0.278 e. The van der Waals surface area contributed by atoms with Crippen LogP contribution in [0.1, 0.15) is 16.7 Å². The van der Waals surface area contributed by atoms with Crippen LogP contribution in [0.2, 0.25) is 19.6 Å². The molecule has 40 heavy (non-hydrogen) atoms. The molecule has 0 aliphatic carbocycles. The summed E-state index contributed by atoms with van der Waals surface area (Å²) in [6, 6.07) is 28.0. The summed E-state index contributed by atoms with van der Waals surface area (Å²) in [5.41, 5.74) is 6.16. The zero-order chi connectivity index (χ0) is 28.4. The zero-order valence-electron chi connectivity index (χ0n) is 23.3. The van der Waals surface area contributed by atoms with Crippen molar-refractivity contribution < 1.29 is 23.9 Å². The summed E-state index contributed by atoms with van der Waals surface area (Å²) >= 11 is 0. The normalized spacial score (nSPS) is 22.7. The van der Waals surface area contributed by atoms with Crippen molar-refractivity contribution in [1.29, 1.82) is 0 Å². The quantitative estimate of drug-likeness (QED) is 0.130. The number of nitro groups is 1. The molecule has 3 unspecified atom stereocenters. The summed E-state index contributed by atoms with van der Waals surface area (Å²) in [7, 11) is -1.83. The van der Waals surface area contributed by atoms with E-state index in [1.54, 1.807) is 0 Å². The lowest BCUT2D eigenvalue weighted by molar-refractivity contribution is -0.557. The molecule has 0 radical (unpaired) electrons. The molecule has 1 fully saturated rings. The van der Waals surface area contributed by atoms with Crippen LogP contribution in [0.15, 0.2) is 91.0 Å². The van der Waals surface area contributed by atoms with Crippen molar-refractivity contribution >= 4 is 8.07 Å². The van der Waals surface area contributed by atoms with Crippen molar-refractivity contribution in [3.8, 4) is 11.5 Å². The van der Waals surface area contributed by atoms with Crippen molar-refractivity contribution in [1.82, 2.24) is 0 Å². The molecule has 0 spiro atoms. The third-order valence-electron chi connectivity index (χ3n) is 6.46. The Hall–Kier alpha value is -3.32. The molecule has 1 heterocycles. The Bertz CT molecular complexity index is 1260. The Morgan fingerprint density at radius 2 is 1.25 bits per heavy atom. The average Bonchev–Trinajstić information content (AvgIpc) is 2.95. The molecule has 4 rings (SSSR count). The number of nitrogens with zero attached hydrogens (tertiary/aromatic N) is 1. The number of rotatable bonds is 11. The largest absolute Gasteiger partial charge is 0.374 e. The summed E-state index contributed by atoms with van der Waals surface area (Å²) < 4.78 is 25.2. The molecule has 1 aliphatic rings. The van der Waals surface area contributed by atoms with E-state index in [2.05, 4.69) is 31.1 Å². The first-order valence-corrected chi connectivity index (χ1v) is 17.0. The fourth-order valence-electron chi connectivity index (χ4n) is 4.49. The predicted molar refractivity (Wildman–Crippen MR) is 157 cm³/mol. The Kier molecular flexibility index (Phi) is 10.6. The Morgan fingerprint density at radius 1 is 0.775 bits per heavy atom. The van der Waals surface area contributed by atoms with Gasteiger partial charge in [-0.25, -0.2) is 0 Å². The van der Waals surface area contributed by atoms with E-state index < -0.39 is 38.5 Å². The second-order valence-electron chi connectivity index (χ2n) is 10.9. The van der Waals surface area contributed by atoms with Crippen LogP contribution >= 0.6 is 0 Å². The maximum atomic E-state index is 12.5. The number of benzene rings is 3. The minimum absolute atomic E-state index is 0.176. The highest BCUT2D eigenvalue weighted by Gasteiger charge is 2.53. The van der Waals surface area contributed by atoms with Gasteiger partial charge in [-0.15, -0.1) is 5.54 Å². The first-order valence-electron chi connectivity index (χ1n) is 13.5. The van der Waals surface area contributed by atoms with Crippen LogP contribution in [0, 0.1) is 21.6 Å². The van der Waals surface area contributed by atoms with E-state index >= 15 is 0 Å². The van der Waals surface area contributed by atoms with Crippen LogP contribution in [0.25, 0.3) is 0 Å². The molecule has 0 bridgehead atoms. The van der Waals surface area contributed by atoms with E-state index in [0.29, 0.717) is 6.61 Å². The molecule has 0 amide bonds. The summed E-state index contributed by atoms with van der Waals surface area (Å²) in [6.07, 6.45) is -3.23. The maximum absolute atomic E-state index is 12.5. The van der Waals surface area contributed by atoms with Gasteiger partial charge in [0.2, 0.25) is 0 Å². The topological polar surface area (TPSA) is 80.1 Å². The highest BCUT2D eigenvalue weighted by Crippen LogP contribution is 2.30. The molecule has 7 nitrogen and oxygen atoms in total. The van der Waals surface area contributed by atoms with Crippen molar-refractivity contribution in [3.63, 3.8) is 0 Å². The molecule has 0 N–H and O–H groups in total. The minimum atomic E-state index is -1.83. The zero-order valence-corrected chi connectivity index (χ0v) is 24.3. The van der Waals surface area contributed by atoms with E-state index in [0.717, 1.165) is 16.7 Å². The summed E-state index contributed by atoms with van der Waals surface area (Å²) in [6.45, 7) is 7.30. The smallest absolute Gasteiger partial charge is 0.278 e. The van der Waals surface area contributed by atoms with Crippen LogP contribution in [0.4, 0.5) is 0 Å². The van der Waals surface area contributed by atoms with E-state index in [9.17, 15) is 10.1 Å². The molecule has 3 aromatic rings. The van der Waals surface area contributed by atoms with Gasteiger partial charge in [-0.1, -0.05) is 117 Å². The second kappa shape index (κ2) is 14.4. The van der Waals surface area contributed by atoms with Crippen LogP contribution < -0.4 is 0 Å². The highest BCUT2D eigenvalue weighted by molar-refractivity contribution is 6.83. The van der Waals surface area contributed by atoms with E-state index in [1.807, 2.05) is 91.0 Å². The molecule has 8 heteroatoms. The number of hydrogen-bond donors (Lipinski definition) is 0. The van der Waals surface area contributed by atoms with E-state index in [1.165, 1.54) is 0 Å². The van der Waals surface area contributed by atoms with Gasteiger partial charge in [-0.3, -0.25) is 10.1 Å². The molecule has 1 saturated heterocycles. The van der Waals surface area contributed by atoms with Gasteiger partial charge in [0, 0.05) is 4.92 Å². The SMILES string of the molecule is C[Si](C)(C)C#C[C@@H]1OC(COCc2ccccc2)[C@H](OCc2ccccc2)C(OCc2ccccc2)C1[N+](=O)[O-]. The lowest BCUT2D eigenvalue weighted by Crippen LogP contribution is -2.62. The fraction of sp³-hybridized carbons (Fsp3) is 0.375. The van der Waals surface area contributed by atoms with Crippen molar-refractivity contribution in [3.05, 3.63) is 118 Å². The van der Waals surface area contributed by atoms with Gasteiger partial charge in [-0.05, 0) is 16.7 Å². The fourth-order valence-corrected chi connectivity index (χ4v) is 5.07. The second-order valence-corrected chi connectivity index (χ2v) is 15.7. The van der Waals surface area contributed by atoms with Gasteiger partial charge in [0.05, 0.1) is 26.4 Å². The molecule has 0 saturated carbocycles. The molecule has 1 aliphatic heterocycles. The third kappa shape index (κ3) is 8.85. The van der Waals surface area contributed by atoms with E-state index in [-0.39, 0.29) is 24.7 Å². The van der Waals surface area contributed by atoms with Crippen molar-refractivity contribution in [2.45, 2.75) is 69.9 Å². The van der Waals surface area contributed by atoms with Crippen LogP contribution in [0.5, 0.6) is 0 Å². The monoisotopic (exact) mass is 559 g/mol. The average molecular weight is 560 g/mol. The summed E-state index contributed by atoms with van der Waals surface area (Å²) in [4.78, 5) is 12.2. The molecule has 3 aromatic carbocycles. The van der Waals surface area contributed by atoms with Gasteiger partial charge in [-0.2, -0.15) is 0 Å². The minimum Gasteiger partial charge on any atom is -0.374 e. The van der Waals surface area contributed by atoms with Crippen molar-refractivity contribution in [2.75, 3.05) is 6.61 Å². The number of ether oxygens (including phenoxy) is 4. The third-order valence-corrected chi connectivity index (χ3v) is 7.35. The van der Waals surface area contributed by atoms with Gasteiger partial charge in [0.25, 0.3) is 6.04 Å². The van der Waals surface area contributed by atoms with Crippen LogP contribution in [0.3, 0.4) is 0 Å². The van der Waals surface area contributed by atoms with Crippen LogP contribution in [-0.4, -0.2) is 50.1 Å². The van der Waals surface area contributed by atoms with Gasteiger partial charge >= 0.3 is 0 Å². The molecule has 210 valence electrons. The standard InChI is InChI=1S/C32H37NO6Si/c1-40(2,3)20-19-28-30(33(34)35)32(38-23-27-17-11-6-12-18-27)31(37-22-26-15-9-5-10-16-26)29(39-28)24-36-21-25-13-7-4-8-14-25/h4-18,28-32H,21-24H2,1-3H3/t28-,29?,30?,31-,32?/m0/s1. The Balaban J connectivity index is 1.64. The first kappa shape index (κ1) is 29.7. The predicted octanol–water partition coefficient (Wildman–Crippen LogP) is 5.67. The van der Waals surface area contributed by atoms with Gasteiger partial charge in [0.1, 0.15) is 20.3 Å². The number of hydrogen-bond acceptors (Lipinski definition) is 6. The molecule has 0 aromatic heterocycles. The highest BCUT2D eigenvalue weighted by atomic mass is 28.3. The first-order chi connectivity index (χ1) is 19.3. The van der Waals surface area contributed by atoms with Crippen molar-refractivity contribution in [2.24, 2.45) is 0 Å². The summed E-state index contributed by atoms with van der Waals surface area (Å²) in [5, 5.41) is 12.5. The molecular weight excluding hydrogens is 522 g/mol. The van der Waals surface area contributed by atoms with E-state index in [4.69, 9.17) is 18.9 Å². The molecular formula is C32H37NO6Si. The molecule has 5 atom stereocenters. The Labute approximate surface area is 237 Å². The Morgan fingerprint density at radius 3 is 1.73 bits per heavy atom. The summed E-state index contributed by atoms with van der Waals surface area (Å²) in [5.74, 6) is 3.11. The lowest BCUT2D eigenvalue weighted by Gasteiger charge is -2.41. The lowest BCUT2D eigenvalue weighted by atomic mass is 9.92. The van der Waals surface area contributed by atoms with Gasteiger partial charge in [0.15, 0.2) is 12.2 Å².